The van der Waals surface area contributed by atoms with Gasteiger partial charge in [0.1, 0.15) is 0 Å². The van der Waals surface area contributed by atoms with Gasteiger partial charge in [-0.25, -0.2) is 0 Å². The van der Waals surface area contributed by atoms with Crippen molar-refractivity contribution in [2.75, 3.05) is 26.8 Å². The first kappa shape index (κ1) is 17.2. The smallest absolute Gasteiger partial charge is 0.254 e. The minimum Gasteiger partial charge on any atom is -0.383 e. The molecule has 0 fully saturated rings. The van der Waals surface area contributed by atoms with Gasteiger partial charge >= 0.3 is 0 Å². The zero-order valence-electron chi connectivity index (χ0n) is 14.0. The van der Waals surface area contributed by atoms with Gasteiger partial charge in [0.15, 0.2) is 6.29 Å². The van der Waals surface area contributed by atoms with Gasteiger partial charge in [-0.1, -0.05) is 13.0 Å². The molecule has 0 atom stereocenters. The molecule has 0 bridgehead atoms. The quantitative estimate of drug-likeness (QED) is 0.704. The third kappa shape index (κ3) is 3.45. The van der Waals surface area contributed by atoms with Crippen LogP contribution in [0.1, 0.15) is 41.0 Å². The molecule has 2 aromatic rings. The normalized spacial score (nSPS) is 10.9. The molecule has 0 aliphatic carbocycles. The van der Waals surface area contributed by atoms with Crippen molar-refractivity contribution in [2.24, 2.45) is 0 Å². The number of aldehydes is 1. The van der Waals surface area contributed by atoms with Crippen LogP contribution in [0.25, 0.3) is 10.9 Å². The molecule has 0 spiro atoms. The molecule has 1 heterocycles. The van der Waals surface area contributed by atoms with Crippen LogP contribution in [0.3, 0.4) is 0 Å². The summed E-state index contributed by atoms with van der Waals surface area (Å²) in [5.74, 6) is -0.0208. The second-order valence-corrected chi connectivity index (χ2v) is 5.47. The molecular weight excluding hydrogens is 292 g/mol. The maximum Gasteiger partial charge on any atom is 0.254 e. The van der Waals surface area contributed by atoms with Gasteiger partial charge in [-0.05, 0) is 25.5 Å². The molecule has 0 aliphatic heterocycles. The number of aromatic nitrogens is 1. The first-order valence-corrected chi connectivity index (χ1v) is 8.03. The van der Waals surface area contributed by atoms with Crippen LogP contribution < -0.4 is 0 Å². The first-order valence-electron chi connectivity index (χ1n) is 8.03. The van der Waals surface area contributed by atoms with Crippen LogP contribution in [0.2, 0.25) is 0 Å². The standard InChI is InChI=1S/C18H24N2O3/c1-4-9-19(5-2)18(22)15-7-6-8-16-17(15)14(13-21)12-20(16)10-11-23-3/h6-8,12-13H,4-5,9-11H2,1-3H3. The summed E-state index contributed by atoms with van der Waals surface area (Å²) in [4.78, 5) is 26.1. The number of fused-ring (bicyclic) bond motifs is 1. The van der Waals surface area contributed by atoms with Crippen molar-refractivity contribution in [3.63, 3.8) is 0 Å². The Kier molecular flexibility index (Phi) is 5.93. The van der Waals surface area contributed by atoms with E-state index in [1.54, 1.807) is 19.4 Å². The molecule has 23 heavy (non-hydrogen) atoms. The van der Waals surface area contributed by atoms with E-state index < -0.39 is 0 Å². The fourth-order valence-electron chi connectivity index (χ4n) is 2.87. The summed E-state index contributed by atoms with van der Waals surface area (Å²) in [5, 5.41) is 0.734. The molecular formula is C18H24N2O3. The molecule has 5 nitrogen and oxygen atoms in total. The summed E-state index contributed by atoms with van der Waals surface area (Å²) < 4.78 is 7.09. The van der Waals surface area contributed by atoms with Crippen molar-refractivity contribution in [2.45, 2.75) is 26.8 Å². The van der Waals surface area contributed by atoms with Crippen LogP contribution in [-0.4, -0.2) is 48.5 Å². The SMILES string of the molecule is CCCN(CC)C(=O)c1cccc2c1c(C=O)cn2CCOC. The molecule has 2 rings (SSSR count). The van der Waals surface area contributed by atoms with Gasteiger partial charge in [0.05, 0.1) is 6.61 Å². The number of benzene rings is 1. The van der Waals surface area contributed by atoms with Crippen LogP contribution in [0.4, 0.5) is 0 Å². The highest BCUT2D eigenvalue weighted by Crippen LogP contribution is 2.25. The number of methoxy groups -OCH3 is 1. The van der Waals surface area contributed by atoms with Crippen LogP contribution in [0, 0.1) is 0 Å². The highest BCUT2D eigenvalue weighted by Gasteiger charge is 2.20. The van der Waals surface area contributed by atoms with E-state index in [1.807, 2.05) is 28.5 Å². The number of carbonyl (C=O) groups excluding carboxylic acids is 2. The molecule has 5 heteroatoms. The summed E-state index contributed by atoms with van der Waals surface area (Å²) in [5.41, 5.74) is 2.03. The lowest BCUT2D eigenvalue weighted by molar-refractivity contribution is 0.0766. The highest BCUT2D eigenvalue weighted by molar-refractivity contribution is 6.12. The second-order valence-electron chi connectivity index (χ2n) is 5.47. The van der Waals surface area contributed by atoms with E-state index in [4.69, 9.17) is 4.74 Å². The average Bonchev–Trinajstić information content (AvgIpc) is 2.95. The van der Waals surface area contributed by atoms with Crippen molar-refractivity contribution < 1.29 is 14.3 Å². The van der Waals surface area contributed by atoms with E-state index >= 15 is 0 Å². The van der Waals surface area contributed by atoms with Crippen molar-refractivity contribution >= 4 is 23.1 Å². The Morgan fingerprint density at radius 1 is 1.35 bits per heavy atom. The Morgan fingerprint density at radius 2 is 2.13 bits per heavy atom. The van der Waals surface area contributed by atoms with Crippen LogP contribution in [0.5, 0.6) is 0 Å². The number of nitrogens with zero attached hydrogens (tertiary/aromatic N) is 2. The zero-order valence-corrected chi connectivity index (χ0v) is 14.0. The van der Waals surface area contributed by atoms with Crippen LogP contribution in [-0.2, 0) is 11.3 Å². The average molecular weight is 316 g/mol. The Hall–Kier alpha value is -2.14. The maximum atomic E-state index is 12.8. The van der Waals surface area contributed by atoms with Crippen LogP contribution in [0.15, 0.2) is 24.4 Å². The van der Waals surface area contributed by atoms with Gasteiger partial charge < -0.3 is 14.2 Å². The van der Waals surface area contributed by atoms with Gasteiger partial charge in [-0.15, -0.1) is 0 Å². The molecule has 1 aromatic heterocycles. The molecule has 0 radical (unpaired) electrons. The molecule has 1 amide bonds. The number of rotatable bonds is 8. The van der Waals surface area contributed by atoms with E-state index in [1.165, 1.54) is 0 Å². The summed E-state index contributed by atoms with van der Waals surface area (Å²) >= 11 is 0. The predicted octanol–water partition coefficient (Wildman–Crippen LogP) is 2.97. The third-order valence-electron chi connectivity index (χ3n) is 3.99. The topological polar surface area (TPSA) is 51.5 Å². The van der Waals surface area contributed by atoms with E-state index in [9.17, 15) is 9.59 Å². The fraction of sp³-hybridized carbons (Fsp3) is 0.444. The fourth-order valence-corrected chi connectivity index (χ4v) is 2.87. The predicted molar refractivity (Wildman–Crippen MR) is 91.1 cm³/mol. The summed E-state index contributed by atoms with van der Waals surface area (Å²) in [6.45, 7) is 6.59. The van der Waals surface area contributed by atoms with Gasteiger partial charge in [0, 0.05) is 55.0 Å². The Balaban J connectivity index is 2.54. The highest BCUT2D eigenvalue weighted by atomic mass is 16.5. The number of amides is 1. The molecule has 0 aliphatic rings. The first-order chi connectivity index (χ1) is 11.2. The number of hydrogen-bond donors (Lipinski definition) is 0. The number of hydrogen-bond acceptors (Lipinski definition) is 3. The van der Waals surface area contributed by atoms with Crippen molar-refractivity contribution in [3.8, 4) is 0 Å². The second kappa shape index (κ2) is 7.92. The van der Waals surface area contributed by atoms with E-state index in [0.29, 0.717) is 37.4 Å². The number of ether oxygens (including phenoxy) is 1. The number of carbonyl (C=O) groups is 2. The largest absolute Gasteiger partial charge is 0.383 e. The van der Waals surface area contributed by atoms with E-state index in [-0.39, 0.29) is 5.91 Å². The van der Waals surface area contributed by atoms with E-state index in [0.717, 1.165) is 23.6 Å². The Bertz CT molecular complexity index is 691. The molecule has 1 aromatic carbocycles. The summed E-state index contributed by atoms with van der Waals surface area (Å²) in [6, 6.07) is 5.61. The molecule has 0 saturated carbocycles. The lowest BCUT2D eigenvalue weighted by atomic mass is 10.1. The molecule has 0 saturated heterocycles. The summed E-state index contributed by atoms with van der Waals surface area (Å²) in [6.07, 6.45) is 3.52. The lowest BCUT2D eigenvalue weighted by Crippen LogP contribution is -2.31. The molecule has 0 N–H and O–H groups in total. The molecule has 0 unspecified atom stereocenters. The molecule has 124 valence electrons. The monoisotopic (exact) mass is 316 g/mol. The van der Waals surface area contributed by atoms with Gasteiger partial charge in [-0.3, -0.25) is 9.59 Å². The van der Waals surface area contributed by atoms with Crippen LogP contribution >= 0.6 is 0 Å². The Morgan fingerprint density at radius 3 is 2.74 bits per heavy atom. The van der Waals surface area contributed by atoms with Crippen molar-refractivity contribution in [1.82, 2.24) is 9.47 Å². The Labute approximate surface area is 136 Å². The van der Waals surface area contributed by atoms with Gasteiger partial charge in [0.2, 0.25) is 0 Å². The van der Waals surface area contributed by atoms with Gasteiger partial charge in [-0.2, -0.15) is 0 Å². The maximum absolute atomic E-state index is 12.8. The minimum atomic E-state index is -0.0208. The summed E-state index contributed by atoms with van der Waals surface area (Å²) in [7, 11) is 1.64. The van der Waals surface area contributed by atoms with Crippen molar-refractivity contribution in [3.05, 3.63) is 35.5 Å². The lowest BCUT2D eigenvalue weighted by Gasteiger charge is -2.20. The zero-order chi connectivity index (χ0) is 16.8. The van der Waals surface area contributed by atoms with E-state index in [2.05, 4.69) is 6.92 Å². The minimum absolute atomic E-state index is 0.0208. The van der Waals surface area contributed by atoms with Gasteiger partial charge in [0.25, 0.3) is 5.91 Å². The van der Waals surface area contributed by atoms with Crippen molar-refractivity contribution in [1.29, 1.82) is 0 Å². The third-order valence-corrected chi connectivity index (χ3v) is 3.99.